The molecule has 2 aromatic carbocycles. The fourth-order valence-electron chi connectivity index (χ4n) is 4.93. The molecule has 36 heavy (non-hydrogen) atoms. The second-order valence-electron chi connectivity index (χ2n) is 9.50. The molecule has 1 atom stereocenters. The monoisotopic (exact) mass is 507 g/mol. The van der Waals surface area contributed by atoms with E-state index in [1.165, 1.54) is 0 Å². The molecule has 3 aromatic rings. The van der Waals surface area contributed by atoms with Gasteiger partial charge in [0.1, 0.15) is 0 Å². The summed E-state index contributed by atoms with van der Waals surface area (Å²) < 4.78 is 5.46. The Morgan fingerprint density at radius 1 is 1.06 bits per heavy atom. The summed E-state index contributed by atoms with van der Waals surface area (Å²) in [5, 5.41) is 7.87. The lowest BCUT2D eigenvalue weighted by atomic mass is 9.97. The Hall–Kier alpha value is -3.23. The number of hydrogen-bond donors (Lipinski definition) is 1. The van der Waals surface area contributed by atoms with Gasteiger partial charge in [-0.3, -0.25) is 14.5 Å². The van der Waals surface area contributed by atoms with Gasteiger partial charge in [0, 0.05) is 43.2 Å². The number of carbonyl (C=O) groups excluding carboxylic acids is 2. The lowest BCUT2D eigenvalue weighted by molar-refractivity contribution is -0.128. The zero-order valence-corrected chi connectivity index (χ0v) is 20.9. The number of piperidine rings is 1. The summed E-state index contributed by atoms with van der Waals surface area (Å²) in [6.45, 7) is 3.91. The number of nitrogens with one attached hydrogen (secondary N) is 1. The Labute approximate surface area is 215 Å². The van der Waals surface area contributed by atoms with E-state index in [0.29, 0.717) is 49.3 Å². The van der Waals surface area contributed by atoms with Crippen LogP contribution in [-0.2, 0) is 29.2 Å². The topological polar surface area (TPSA) is 91.6 Å². The number of amides is 2. The van der Waals surface area contributed by atoms with Gasteiger partial charge < -0.3 is 14.7 Å². The minimum absolute atomic E-state index is 0.0548. The van der Waals surface area contributed by atoms with Gasteiger partial charge >= 0.3 is 0 Å². The summed E-state index contributed by atoms with van der Waals surface area (Å²) in [7, 11) is 0. The van der Waals surface area contributed by atoms with Crippen molar-refractivity contribution in [1.82, 2.24) is 25.3 Å². The molecule has 0 spiro atoms. The summed E-state index contributed by atoms with van der Waals surface area (Å²) in [5.74, 6) is 1.23. The molecule has 0 aliphatic carbocycles. The van der Waals surface area contributed by atoms with Gasteiger partial charge in [-0.05, 0) is 61.2 Å². The maximum Gasteiger partial charge on any atom is 0.241 e. The van der Waals surface area contributed by atoms with E-state index in [1.807, 2.05) is 41.3 Å². The van der Waals surface area contributed by atoms with E-state index in [0.717, 1.165) is 49.0 Å². The lowest BCUT2D eigenvalue weighted by Crippen LogP contribution is -2.42. The van der Waals surface area contributed by atoms with Crippen LogP contribution in [0.3, 0.4) is 0 Å². The molecule has 2 aliphatic heterocycles. The smallest absolute Gasteiger partial charge is 0.241 e. The molecule has 0 radical (unpaired) electrons. The maximum atomic E-state index is 13.0. The van der Waals surface area contributed by atoms with Gasteiger partial charge in [0.2, 0.25) is 23.5 Å². The summed E-state index contributed by atoms with van der Waals surface area (Å²) in [4.78, 5) is 33.7. The summed E-state index contributed by atoms with van der Waals surface area (Å²) in [5.41, 5.74) is 2.99. The van der Waals surface area contributed by atoms with E-state index in [-0.39, 0.29) is 17.7 Å². The van der Waals surface area contributed by atoms with Crippen LogP contribution in [0.1, 0.15) is 42.7 Å². The lowest BCUT2D eigenvalue weighted by Gasteiger charge is -2.31. The molecule has 2 amide bonds. The summed E-state index contributed by atoms with van der Waals surface area (Å²) in [6, 6.07) is 15.3. The van der Waals surface area contributed by atoms with E-state index >= 15 is 0 Å². The van der Waals surface area contributed by atoms with Gasteiger partial charge in [0.25, 0.3) is 0 Å². The first-order valence-electron chi connectivity index (χ1n) is 12.5. The van der Waals surface area contributed by atoms with Gasteiger partial charge in [0.05, 0.1) is 12.5 Å². The Morgan fingerprint density at radius 3 is 2.64 bits per heavy atom. The number of benzene rings is 2. The predicted octanol–water partition coefficient (Wildman–Crippen LogP) is 4.04. The molecule has 1 N–H and O–H groups in total. The van der Waals surface area contributed by atoms with Crippen molar-refractivity contribution in [2.45, 2.75) is 45.3 Å². The Kier molecular flexibility index (Phi) is 7.63. The van der Waals surface area contributed by atoms with Gasteiger partial charge in [0.15, 0.2) is 0 Å². The first-order chi connectivity index (χ1) is 17.5. The van der Waals surface area contributed by atoms with Crippen LogP contribution in [0.25, 0.3) is 11.4 Å². The summed E-state index contributed by atoms with van der Waals surface area (Å²) >= 11 is 5.96. The van der Waals surface area contributed by atoms with Crippen LogP contribution in [0, 0.1) is 5.92 Å². The van der Waals surface area contributed by atoms with E-state index in [9.17, 15) is 9.59 Å². The second-order valence-corrected chi connectivity index (χ2v) is 9.93. The summed E-state index contributed by atoms with van der Waals surface area (Å²) in [6.07, 6.45) is 3.33. The first kappa shape index (κ1) is 24.5. The molecule has 0 saturated carbocycles. The third-order valence-corrected chi connectivity index (χ3v) is 7.16. The van der Waals surface area contributed by atoms with Crippen molar-refractivity contribution in [1.29, 1.82) is 0 Å². The minimum Gasteiger partial charge on any atom is -0.352 e. The number of halogens is 1. The van der Waals surface area contributed by atoms with E-state index in [1.54, 1.807) is 12.1 Å². The van der Waals surface area contributed by atoms with Gasteiger partial charge in [-0.2, -0.15) is 4.98 Å². The highest BCUT2D eigenvalue weighted by molar-refractivity contribution is 6.30. The van der Waals surface area contributed by atoms with Crippen LogP contribution in [0.4, 0.5) is 0 Å². The van der Waals surface area contributed by atoms with Crippen molar-refractivity contribution in [2.24, 2.45) is 5.92 Å². The zero-order chi connectivity index (χ0) is 24.9. The molecular weight excluding hydrogens is 478 g/mol. The molecule has 8 nitrogen and oxygen atoms in total. The van der Waals surface area contributed by atoms with Gasteiger partial charge in [-0.25, -0.2) is 0 Å². The molecule has 2 saturated heterocycles. The highest BCUT2D eigenvalue weighted by atomic mass is 35.5. The van der Waals surface area contributed by atoms with E-state index in [2.05, 4.69) is 20.4 Å². The fraction of sp³-hybridized carbons (Fsp3) is 0.407. The van der Waals surface area contributed by atoms with Gasteiger partial charge in [-0.1, -0.05) is 41.0 Å². The van der Waals surface area contributed by atoms with Crippen LogP contribution in [-0.4, -0.2) is 51.4 Å². The fourth-order valence-corrected chi connectivity index (χ4v) is 5.05. The highest BCUT2D eigenvalue weighted by Crippen LogP contribution is 2.22. The number of rotatable bonds is 8. The average molecular weight is 508 g/mol. The molecule has 5 rings (SSSR count). The number of nitrogens with zero attached hydrogens (tertiary/aromatic N) is 4. The van der Waals surface area contributed by atoms with Crippen LogP contribution in [0.2, 0.25) is 5.02 Å². The van der Waals surface area contributed by atoms with Gasteiger partial charge in [-0.15, -0.1) is 0 Å². The zero-order valence-electron chi connectivity index (χ0n) is 20.2. The second kappa shape index (κ2) is 11.2. The largest absolute Gasteiger partial charge is 0.352 e. The average Bonchev–Trinajstić information content (AvgIpc) is 3.53. The van der Waals surface area contributed by atoms with Crippen LogP contribution < -0.4 is 5.32 Å². The normalized spacial score (nSPS) is 18.5. The third kappa shape index (κ3) is 5.94. The van der Waals surface area contributed by atoms with Crippen molar-refractivity contribution >= 4 is 23.4 Å². The van der Waals surface area contributed by atoms with Crippen molar-refractivity contribution < 1.29 is 14.1 Å². The third-order valence-electron chi connectivity index (χ3n) is 6.91. The van der Waals surface area contributed by atoms with E-state index < -0.39 is 0 Å². The SMILES string of the molecule is O=C(NCc1ccccc1CN1CCCC1=O)C1CCCN(Cc2nc(-c3ccc(Cl)cc3)no2)C1. The predicted molar refractivity (Wildman–Crippen MR) is 136 cm³/mol. The molecule has 188 valence electrons. The number of aromatic nitrogens is 2. The van der Waals surface area contributed by atoms with Crippen LogP contribution in [0.15, 0.2) is 53.1 Å². The molecule has 1 unspecified atom stereocenters. The molecule has 3 heterocycles. The molecule has 2 aliphatic rings. The van der Waals surface area contributed by atoms with Crippen molar-refractivity contribution in [3.05, 3.63) is 70.6 Å². The molecular formula is C27H30ClN5O3. The van der Waals surface area contributed by atoms with Crippen LogP contribution in [0.5, 0.6) is 0 Å². The molecule has 0 bridgehead atoms. The van der Waals surface area contributed by atoms with Crippen LogP contribution >= 0.6 is 11.6 Å². The minimum atomic E-state index is -0.0928. The molecule has 2 fully saturated rings. The number of hydrogen-bond acceptors (Lipinski definition) is 6. The Balaban J connectivity index is 1.15. The molecule has 9 heteroatoms. The standard InChI is InChI=1S/C27H30ClN5O3/c28-23-11-9-19(10-12-23)26-30-24(36-31-26)18-32-13-3-7-22(16-32)27(35)29-15-20-5-1-2-6-21(20)17-33-14-4-8-25(33)34/h1-2,5-6,9-12,22H,3-4,7-8,13-18H2,(H,29,35). The highest BCUT2D eigenvalue weighted by Gasteiger charge is 2.27. The first-order valence-corrected chi connectivity index (χ1v) is 12.9. The van der Waals surface area contributed by atoms with Crippen molar-refractivity contribution in [3.63, 3.8) is 0 Å². The molecule has 1 aromatic heterocycles. The number of likely N-dealkylation sites (tertiary alicyclic amines) is 2. The van der Waals surface area contributed by atoms with E-state index in [4.69, 9.17) is 16.1 Å². The maximum absolute atomic E-state index is 13.0. The Bertz CT molecular complexity index is 1210. The Morgan fingerprint density at radius 2 is 1.86 bits per heavy atom. The quantitative estimate of drug-likeness (QED) is 0.494. The number of carbonyl (C=O) groups is 2. The van der Waals surface area contributed by atoms with Crippen molar-refractivity contribution in [3.8, 4) is 11.4 Å². The van der Waals surface area contributed by atoms with Crippen molar-refractivity contribution in [2.75, 3.05) is 19.6 Å².